The average Bonchev–Trinajstić information content (AvgIpc) is 3.10. The van der Waals surface area contributed by atoms with E-state index in [4.69, 9.17) is 9.57 Å². The highest BCUT2D eigenvalue weighted by Crippen LogP contribution is 2.39. The molecule has 1 aromatic rings. The fourth-order valence-electron chi connectivity index (χ4n) is 5.25. The summed E-state index contributed by atoms with van der Waals surface area (Å²) < 4.78 is 5.14. The zero-order chi connectivity index (χ0) is 21.2. The van der Waals surface area contributed by atoms with Gasteiger partial charge in [-0.1, -0.05) is 30.3 Å². The molecule has 3 rings (SSSR count). The van der Waals surface area contributed by atoms with Gasteiger partial charge in [0.25, 0.3) is 0 Å². The van der Waals surface area contributed by atoms with Gasteiger partial charge in [-0.15, -0.1) is 0 Å². The second-order valence-electron chi connectivity index (χ2n) is 10.00. The lowest BCUT2D eigenvalue weighted by Crippen LogP contribution is -2.58. The molecule has 0 radical (unpaired) electrons. The molecule has 0 aliphatic carbocycles. The van der Waals surface area contributed by atoms with Gasteiger partial charge in [0.05, 0.1) is 19.6 Å². The van der Waals surface area contributed by atoms with Crippen molar-refractivity contribution in [2.24, 2.45) is 11.8 Å². The van der Waals surface area contributed by atoms with E-state index in [2.05, 4.69) is 68.8 Å². The predicted molar refractivity (Wildman–Crippen MR) is 115 cm³/mol. The van der Waals surface area contributed by atoms with Crippen LogP contribution in [0.3, 0.4) is 0 Å². The highest BCUT2D eigenvalue weighted by Gasteiger charge is 2.45. The summed E-state index contributed by atoms with van der Waals surface area (Å²) in [5, 5.41) is 2.20. The second kappa shape index (κ2) is 8.75. The van der Waals surface area contributed by atoms with Crippen LogP contribution < -0.4 is 0 Å². The molecule has 5 nitrogen and oxygen atoms in total. The summed E-state index contributed by atoms with van der Waals surface area (Å²) >= 11 is 0. The molecule has 2 aliphatic heterocycles. The minimum Gasteiger partial charge on any atom is -0.469 e. The van der Waals surface area contributed by atoms with Crippen molar-refractivity contribution in [2.45, 2.75) is 71.0 Å². The first-order valence-corrected chi connectivity index (χ1v) is 11.0. The Morgan fingerprint density at radius 2 is 1.72 bits per heavy atom. The minimum absolute atomic E-state index is 0.00185. The third kappa shape index (κ3) is 4.84. The van der Waals surface area contributed by atoms with E-state index in [9.17, 15) is 4.79 Å². The molecule has 2 saturated heterocycles. The summed E-state index contributed by atoms with van der Waals surface area (Å²) in [5.41, 5.74) is 1.27. The molecular formula is C24H38N2O3. The predicted octanol–water partition coefficient (Wildman–Crippen LogP) is 4.44. The second-order valence-corrected chi connectivity index (χ2v) is 10.00. The highest BCUT2D eigenvalue weighted by molar-refractivity contribution is 5.73. The van der Waals surface area contributed by atoms with E-state index in [-0.39, 0.29) is 34.9 Å². The normalized spacial score (nSPS) is 28.2. The highest BCUT2D eigenvalue weighted by atomic mass is 16.7. The maximum atomic E-state index is 12.5. The van der Waals surface area contributed by atoms with Crippen molar-refractivity contribution in [3.8, 4) is 0 Å². The van der Waals surface area contributed by atoms with Crippen LogP contribution >= 0.6 is 0 Å². The summed E-state index contributed by atoms with van der Waals surface area (Å²) in [4.78, 5) is 21.4. The van der Waals surface area contributed by atoms with Crippen LogP contribution in [0.25, 0.3) is 0 Å². The zero-order valence-corrected chi connectivity index (χ0v) is 19.0. The van der Waals surface area contributed by atoms with Gasteiger partial charge >= 0.3 is 5.97 Å². The van der Waals surface area contributed by atoms with Gasteiger partial charge in [0.15, 0.2) is 0 Å². The standard InChI is InChI=1S/C24H38N2O3/c1-18(19-11-8-7-9-12-19)25-15-20(21(16-25)22(27)28-6)17-29-26-23(2,3)13-10-14-24(26,4)5/h7-9,11-12,18,20-21H,10,13-17H2,1-6H3/t18-,20+,21+/m1/s1. The monoisotopic (exact) mass is 402 g/mol. The Hall–Kier alpha value is -1.43. The lowest BCUT2D eigenvalue weighted by atomic mass is 9.82. The molecule has 0 saturated carbocycles. The summed E-state index contributed by atoms with van der Waals surface area (Å²) in [7, 11) is 1.49. The lowest BCUT2D eigenvalue weighted by molar-refractivity contribution is -0.286. The number of nitrogens with zero attached hydrogens (tertiary/aromatic N) is 2. The first kappa shape index (κ1) is 22.3. The van der Waals surface area contributed by atoms with E-state index in [0.29, 0.717) is 13.2 Å². The fourth-order valence-corrected chi connectivity index (χ4v) is 5.25. The Labute approximate surface area is 176 Å². The van der Waals surface area contributed by atoms with Gasteiger partial charge in [0.2, 0.25) is 0 Å². The van der Waals surface area contributed by atoms with E-state index in [1.165, 1.54) is 19.1 Å². The summed E-state index contributed by atoms with van der Waals surface area (Å²) in [6.07, 6.45) is 3.47. The van der Waals surface area contributed by atoms with E-state index in [1.807, 2.05) is 6.07 Å². The van der Waals surface area contributed by atoms with Crippen LogP contribution in [0.4, 0.5) is 0 Å². The lowest BCUT2D eigenvalue weighted by Gasteiger charge is -2.51. The van der Waals surface area contributed by atoms with Crippen LogP contribution in [0.15, 0.2) is 30.3 Å². The summed E-state index contributed by atoms with van der Waals surface area (Å²) in [5.74, 6) is -0.150. The molecule has 3 atom stereocenters. The van der Waals surface area contributed by atoms with Crippen LogP contribution in [0.2, 0.25) is 0 Å². The Morgan fingerprint density at radius 1 is 1.10 bits per heavy atom. The summed E-state index contributed by atoms with van der Waals surface area (Å²) in [6, 6.07) is 10.7. The van der Waals surface area contributed by atoms with Crippen molar-refractivity contribution in [3.05, 3.63) is 35.9 Å². The van der Waals surface area contributed by atoms with Crippen molar-refractivity contribution in [2.75, 3.05) is 26.8 Å². The van der Waals surface area contributed by atoms with Crippen molar-refractivity contribution in [1.82, 2.24) is 9.96 Å². The molecule has 0 N–H and O–H groups in total. The molecule has 0 aromatic heterocycles. The van der Waals surface area contributed by atoms with Crippen LogP contribution in [0, 0.1) is 11.8 Å². The molecule has 2 fully saturated rings. The largest absolute Gasteiger partial charge is 0.469 e. The van der Waals surface area contributed by atoms with Gasteiger partial charge in [0, 0.05) is 36.1 Å². The number of hydroxylamine groups is 2. The third-order valence-corrected chi connectivity index (χ3v) is 6.90. The van der Waals surface area contributed by atoms with Gasteiger partial charge in [-0.25, -0.2) is 0 Å². The topological polar surface area (TPSA) is 42.0 Å². The summed E-state index contributed by atoms with van der Waals surface area (Å²) in [6.45, 7) is 13.3. The molecule has 2 aliphatic rings. The first-order chi connectivity index (χ1) is 13.7. The number of rotatable bonds is 6. The quantitative estimate of drug-likeness (QED) is 0.658. The number of methoxy groups -OCH3 is 1. The van der Waals surface area contributed by atoms with E-state index in [0.717, 1.165) is 19.4 Å². The molecule has 162 valence electrons. The molecule has 29 heavy (non-hydrogen) atoms. The first-order valence-electron chi connectivity index (χ1n) is 11.0. The number of ether oxygens (including phenoxy) is 1. The molecule has 1 aromatic carbocycles. The van der Waals surface area contributed by atoms with E-state index < -0.39 is 0 Å². The molecule has 0 unspecified atom stereocenters. The number of esters is 1. The van der Waals surface area contributed by atoms with Crippen LogP contribution in [-0.2, 0) is 14.4 Å². The molecule has 0 amide bonds. The number of hydrogen-bond acceptors (Lipinski definition) is 5. The minimum atomic E-state index is -0.151. The van der Waals surface area contributed by atoms with Crippen LogP contribution in [0.1, 0.15) is 65.5 Å². The molecule has 0 spiro atoms. The van der Waals surface area contributed by atoms with E-state index >= 15 is 0 Å². The van der Waals surface area contributed by atoms with Gasteiger partial charge < -0.3 is 4.74 Å². The Bertz CT molecular complexity index is 673. The SMILES string of the molecule is COC(=O)[C@H]1CN([C@H](C)c2ccccc2)C[C@H]1CON1C(C)(C)CCCC1(C)C. The number of benzene rings is 1. The number of hydrogen-bond donors (Lipinski definition) is 0. The number of carbonyl (C=O) groups is 1. The Kier molecular flexibility index (Phi) is 6.71. The van der Waals surface area contributed by atoms with Gasteiger partial charge in [-0.05, 0) is 59.4 Å². The Balaban J connectivity index is 1.71. The smallest absolute Gasteiger partial charge is 0.310 e. The van der Waals surface area contributed by atoms with Gasteiger partial charge in [-0.2, -0.15) is 5.06 Å². The molecule has 5 heteroatoms. The molecular weight excluding hydrogens is 364 g/mol. The Morgan fingerprint density at radius 3 is 2.31 bits per heavy atom. The van der Waals surface area contributed by atoms with Gasteiger partial charge in [0.1, 0.15) is 0 Å². The average molecular weight is 403 g/mol. The third-order valence-electron chi connectivity index (χ3n) is 6.90. The van der Waals surface area contributed by atoms with Crippen molar-refractivity contribution < 1.29 is 14.4 Å². The molecule has 0 bridgehead atoms. The van der Waals surface area contributed by atoms with Crippen LogP contribution in [0.5, 0.6) is 0 Å². The van der Waals surface area contributed by atoms with Crippen molar-refractivity contribution >= 4 is 5.97 Å². The van der Waals surface area contributed by atoms with Gasteiger partial charge in [-0.3, -0.25) is 14.5 Å². The number of carbonyl (C=O) groups excluding carboxylic acids is 1. The number of likely N-dealkylation sites (tertiary alicyclic amines) is 1. The van der Waals surface area contributed by atoms with E-state index in [1.54, 1.807) is 0 Å². The number of piperidine rings is 1. The van der Waals surface area contributed by atoms with Crippen molar-refractivity contribution in [1.29, 1.82) is 0 Å². The van der Waals surface area contributed by atoms with Crippen LogP contribution in [-0.4, -0.2) is 53.8 Å². The van der Waals surface area contributed by atoms with Crippen molar-refractivity contribution in [3.63, 3.8) is 0 Å². The fraction of sp³-hybridized carbons (Fsp3) is 0.708. The zero-order valence-electron chi connectivity index (χ0n) is 19.0. The molecule has 2 heterocycles. The maximum Gasteiger partial charge on any atom is 0.310 e. The maximum absolute atomic E-state index is 12.5.